The third kappa shape index (κ3) is 3.99. The van der Waals surface area contributed by atoms with Crippen LogP contribution in [0.5, 0.6) is 5.75 Å². The van der Waals surface area contributed by atoms with Gasteiger partial charge < -0.3 is 4.74 Å². The van der Waals surface area contributed by atoms with Gasteiger partial charge in [0.05, 0.1) is 12.5 Å². The average molecular weight is 431 g/mol. The van der Waals surface area contributed by atoms with E-state index in [9.17, 15) is 22.8 Å². The Morgan fingerprint density at radius 3 is 2.37 bits per heavy atom. The number of benzene rings is 2. The van der Waals surface area contributed by atoms with Crippen LogP contribution in [0.15, 0.2) is 52.2 Å². The monoisotopic (exact) mass is 431 g/mol. The van der Waals surface area contributed by atoms with Gasteiger partial charge in [-0.3, -0.25) is 25.2 Å². The van der Waals surface area contributed by atoms with E-state index in [2.05, 4.69) is 25.8 Å². The van der Waals surface area contributed by atoms with Gasteiger partial charge in [-0.15, -0.1) is 0 Å². The molecule has 0 bridgehead atoms. The SMILES string of the molecule is CNS(=O)(=O)c1cc(C(=O)NNC(=O)c2n[nH]c(=O)c3ccccc23)ccc1OC. The fourth-order valence-corrected chi connectivity index (χ4v) is 3.59. The summed E-state index contributed by atoms with van der Waals surface area (Å²) in [6.45, 7) is 0. The number of hydrazine groups is 1. The first kappa shape index (κ1) is 21.0. The second-order valence-corrected chi connectivity index (χ2v) is 7.78. The van der Waals surface area contributed by atoms with Crippen LogP contribution in [0.4, 0.5) is 0 Å². The number of sulfonamides is 1. The summed E-state index contributed by atoms with van der Waals surface area (Å²) in [7, 11) is -1.36. The van der Waals surface area contributed by atoms with Crippen LogP contribution in [0.2, 0.25) is 0 Å². The molecular formula is C18H17N5O6S. The number of hydrogen-bond acceptors (Lipinski definition) is 7. The predicted molar refractivity (Wildman–Crippen MR) is 107 cm³/mol. The lowest BCUT2D eigenvalue weighted by Crippen LogP contribution is -2.42. The third-order valence-corrected chi connectivity index (χ3v) is 5.62. The maximum Gasteiger partial charge on any atom is 0.290 e. The van der Waals surface area contributed by atoms with Crippen LogP contribution in [0.25, 0.3) is 10.8 Å². The molecule has 156 valence electrons. The van der Waals surface area contributed by atoms with Gasteiger partial charge in [0.25, 0.3) is 17.4 Å². The molecule has 0 aliphatic heterocycles. The van der Waals surface area contributed by atoms with E-state index < -0.39 is 27.4 Å². The van der Waals surface area contributed by atoms with E-state index in [1.807, 2.05) is 0 Å². The maximum atomic E-state index is 12.4. The van der Waals surface area contributed by atoms with E-state index in [0.29, 0.717) is 5.39 Å². The summed E-state index contributed by atoms with van der Waals surface area (Å²) in [6.07, 6.45) is 0. The highest BCUT2D eigenvalue weighted by atomic mass is 32.2. The van der Waals surface area contributed by atoms with Crippen LogP contribution in [-0.2, 0) is 10.0 Å². The number of amides is 2. The van der Waals surface area contributed by atoms with Crippen molar-refractivity contribution in [3.63, 3.8) is 0 Å². The number of aromatic nitrogens is 2. The van der Waals surface area contributed by atoms with Gasteiger partial charge in [-0.25, -0.2) is 18.2 Å². The van der Waals surface area contributed by atoms with Crippen LogP contribution in [0.1, 0.15) is 20.8 Å². The number of rotatable bonds is 5. The van der Waals surface area contributed by atoms with E-state index in [1.165, 1.54) is 32.4 Å². The Morgan fingerprint density at radius 2 is 1.70 bits per heavy atom. The normalized spacial score (nSPS) is 11.1. The maximum absolute atomic E-state index is 12.4. The number of carbonyl (C=O) groups is 2. The molecule has 4 N–H and O–H groups in total. The van der Waals surface area contributed by atoms with Crippen molar-refractivity contribution < 1.29 is 22.7 Å². The summed E-state index contributed by atoms with van der Waals surface area (Å²) in [5.41, 5.74) is 3.78. The van der Waals surface area contributed by atoms with Crippen LogP contribution in [0, 0.1) is 0 Å². The second kappa shape index (κ2) is 8.31. The Morgan fingerprint density at radius 1 is 1.03 bits per heavy atom. The van der Waals surface area contributed by atoms with Gasteiger partial charge in [0.2, 0.25) is 10.0 Å². The summed E-state index contributed by atoms with van der Waals surface area (Å²) < 4.78 is 31.4. The Labute approximate surface area is 170 Å². The van der Waals surface area contributed by atoms with Gasteiger partial charge in [0.15, 0.2) is 5.69 Å². The Bertz CT molecular complexity index is 1300. The summed E-state index contributed by atoms with van der Waals surface area (Å²) in [4.78, 5) is 36.4. The van der Waals surface area contributed by atoms with Gasteiger partial charge in [0, 0.05) is 10.9 Å². The minimum Gasteiger partial charge on any atom is -0.495 e. The number of fused-ring (bicyclic) bond motifs is 1. The van der Waals surface area contributed by atoms with Gasteiger partial charge >= 0.3 is 0 Å². The molecule has 3 rings (SSSR count). The molecule has 11 nitrogen and oxygen atoms in total. The molecule has 2 aromatic carbocycles. The van der Waals surface area contributed by atoms with E-state index in [4.69, 9.17) is 4.74 Å². The number of nitrogens with zero attached hydrogens (tertiary/aromatic N) is 1. The molecule has 0 fully saturated rings. The summed E-state index contributed by atoms with van der Waals surface area (Å²) in [5, 5.41) is 6.52. The molecule has 1 aromatic heterocycles. The molecule has 2 amide bonds. The number of H-pyrrole nitrogens is 1. The van der Waals surface area contributed by atoms with E-state index in [-0.39, 0.29) is 27.3 Å². The van der Waals surface area contributed by atoms with Gasteiger partial charge in [0.1, 0.15) is 10.6 Å². The van der Waals surface area contributed by atoms with Crippen molar-refractivity contribution in [2.75, 3.05) is 14.2 Å². The zero-order valence-electron chi connectivity index (χ0n) is 15.8. The number of ether oxygens (including phenoxy) is 1. The molecule has 1 heterocycles. The Hall–Kier alpha value is -3.77. The van der Waals surface area contributed by atoms with Gasteiger partial charge in [-0.1, -0.05) is 18.2 Å². The highest BCUT2D eigenvalue weighted by molar-refractivity contribution is 7.89. The predicted octanol–water partition coefficient (Wildman–Crippen LogP) is -0.0854. The molecule has 30 heavy (non-hydrogen) atoms. The highest BCUT2D eigenvalue weighted by Gasteiger charge is 2.21. The van der Waals surface area contributed by atoms with Crippen LogP contribution < -0.4 is 25.9 Å². The van der Waals surface area contributed by atoms with Crippen molar-refractivity contribution in [2.45, 2.75) is 4.90 Å². The van der Waals surface area contributed by atoms with Crippen LogP contribution >= 0.6 is 0 Å². The van der Waals surface area contributed by atoms with E-state index in [1.54, 1.807) is 18.2 Å². The Kier molecular flexibility index (Phi) is 5.80. The highest BCUT2D eigenvalue weighted by Crippen LogP contribution is 2.24. The number of nitrogens with one attached hydrogen (secondary N) is 4. The molecular weight excluding hydrogens is 414 g/mol. The average Bonchev–Trinajstić information content (AvgIpc) is 2.77. The topological polar surface area (TPSA) is 159 Å². The molecule has 0 atom stereocenters. The molecule has 0 saturated heterocycles. The summed E-state index contributed by atoms with van der Waals surface area (Å²) in [5.74, 6) is -1.49. The minimum atomic E-state index is -3.89. The van der Waals surface area contributed by atoms with E-state index in [0.717, 1.165) is 6.07 Å². The molecule has 0 spiro atoms. The van der Waals surface area contributed by atoms with Gasteiger partial charge in [-0.2, -0.15) is 5.10 Å². The molecule has 0 aliphatic carbocycles. The van der Waals surface area contributed by atoms with E-state index >= 15 is 0 Å². The van der Waals surface area contributed by atoms with Crippen molar-refractivity contribution in [1.29, 1.82) is 0 Å². The number of aromatic amines is 1. The lowest BCUT2D eigenvalue weighted by Gasteiger charge is -2.12. The van der Waals surface area contributed by atoms with Crippen molar-refractivity contribution in [2.24, 2.45) is 0 Å². The second-order valence-electron chi connectivity index (χ2n) is 5.93. The molecule has 0 saturated carbocycles. The fourth-order valence-electron chi connectivity index (χ4n) is 2.67. The standard InChI is InChI=1S/C18H17N5O6S/c1-19-30(27,28)14-9-10(7-8-13(14)29-2)16(24)21-23-18(26)15-11-5-3-4-6-12(11)17(25)22-20-15/h3-9,19H,1-2H3,(H,21,24)(H,22,25)(H,23,26). The van der Waals surface area contributed by atoms with Crippen LogP contribution in [0.3, 0.4) is 0 Å². The molecule has 0 unspecified atom stereocenters. The molecule has 3 aromatic rings. The van der Waals surface area contributed by atoms with Gasteiger partial charge in [-0.05, 0) is 31.3 Å². The first-order chi connectivity index (χ1) is 14.3. The minimum absolute atomic E-state index is 0.0378. The quantitative estimate of drug-likeness (QED) is 0.411. The smallest absolute Gasteiger partial charge is 0.290 e. The number of carbonyl (C=O) groups excluding carboxylic acids is 2. The lowest BCUT2D eigenvalue weighted by atomic mass is 10.1. The largest absolute Gasteiger partial charge is 0.495 e. The van der Waals surface area contributed by atoms with Crippen molar-refractivity contribution in [1.82, 2.24) is 25.8 Å². The molecule has 12 heteroatoms. The molecule has 0 radical (unpaired) electrons. The zero-order chi connectivity index (χ0) is 21.9. The lowest BCUT2D eigenvalue weighted by molar-refractivity contribution is 0.0844. The van der Waals surface area contributed by atoms with Crippen LogP contribution in [-0.4, -0.2) is 44.6 Å². The third-order valence-electron chi connectivity index (χ3n) is 4.18. The zero-order valence-corrected chi connectivity index (χ0v) is 16.7. The van der Waals surface area contributed by atoms with Crippen molar-refractivity contribution >= 4 is 32.6 Å². The Balaban J connectivity index is 1.83. The first-order valence-corrected chi connectivity index (χ1v) is 9.96. The summed E-state index contributed by atoms with van der Waals surface area (Å²) >= 11 is 0. The summed E-state index contributed by atoms with van der Waals surface area (Å²) in [6, 6.07) is 10.1. The van der Waals surface area contributed by atoms with Crippen molar-refractivity contribution in [3.8, 4) is 5.75 Å². The number of methoxy groups -OCH3 is 1. The van der Waals surface area contributed by atoms with Crippen molar-refractivity contribution in [3.05, 3.63) is 64.1 Å². The first-order valence-electron chi connectivity index (χ1n) is 8.48. The molecule has 0 aliphatic rings. The number of hydrogen-bond donors (Lipinski definition) is 4. The fraction of sp³-hybridized carbons (Fsp3) is 0.111.